The predicted octanol–water partition coefficient (Wildman–Crippen LogP) is 8.15. The van der Waals surface area contributed by atoms with Crippen molar-refractivity contribution in [3.63, 3.8) is 0 Å². The Balaban J connectivity index is 0.893. The van der Waals surface area contributed by atoms with Crippen LogP contribution in [0.15, 0.2) is 73.1 Å². The minimum Gasteiger partial charge on any atom is -0.453 e. The van der Waals surface area contributed by atoms with Gasteiger partial charge in [0.2, 0.25) is 11.8 Å². The number of carbonyl (C=O) groups is 4. The van der Waals surface area contributed by atoms with Crippen molar-refractivity contribution in [3.8, 4) is 33.6 Å². The predicted molar refractivity (Wildman–Crippen MR) is 234 cm³/mol. The molecule has 4 amide bonds. The minimum absolute atomic E-state index is 0.0907. The van der Waals surface area contributed by atoms with Gasteiger partial charge in [0.25, 0.3) is 0 Å². The van der Waals surface area contributed by atoms with E-state index in [-0.39, 0.29) is 47.2 Å². The van der Waals surface area contributed by atoms with E-state index in [1.807, 2.05) is 49.9 Å². The van der Waals surface area contributed by atoms with Crippen LogP contribution in [0.3, 0.4) is 0 Å². The highest BCUT2D eigenvalue weighted by Crippen LogP contribution is 2.58. The van der Waals surface area contributed by atoms with Gasteiger partial charge in [-0.2, -0.15) is 0 Å². The summed E-state index contributed by atoms with van der Waals surface area (Å²) in [6.07, 6.45) is 8.43. The van der Waals surface area contributed by atoms with E-state index >= 15 is 0 Å². The van der Waals surface area contributed by atoms with Gasteiger partial charge < -0.3 is 39.9 Å². The Morgan fingerprint density at radius 3 is 1.89 bits per heavy atom. The van der Waals surface area contributed by atoms with Gasteiger partial charge in [0.05, 0.1) is 50.1 Å². The molecule has 2 aromatic heterocycles. The molecule has 5 aromatic rings. The van der Waals surface area contributed by atoms with Crippen molar-refractivity contribution in [1.82, 2.24) is 40.4 Å². The van der Waals surface area contributed by atoms with Crippen molar-refractivity contribution in [3.05, 3.63) is 84.7 Å². The van der Waals surface area contributed by atoms with Gasteiger partial charge in [-0.3, -0.25) is 9.59 Å². The van der Waals surface area contributed by atoms with E-state index in [2.05, 4.69) is 81.3 Å². The maximum atomic E-state index is 14.0. The number of ether oxygens (including phenoxy) is 2. The minimum atomic E-state index is -0.687. The number of hydrogen-bond acceptors (Lipinski definition) is 8. The van der Waals surface area contributed by atoms with Crippen LogP contribution in [0.1, 0.15) is 90.0 Å². The molecule has 6 atom stereocenters. The fourth-order valence-electron chi connectivity index (χ4n) is 10.2. The van der Waals surface area contributed by atoms with E-state index in [1.54, 1.807) is 0 Å². The number of amides is 4. The van der Waals surface area contributed by atoms with Gasteiger partial charge >= 0.3 is 12.2 Å². The molecule has 2 aliphatic carbocycles. The lowest BCUT2D eigenvalue weighted by atomic mass is 9.95. The molecular weight excluding hydrogens is 785 g/mol. The zero-order chi connectivity index (χ0) is 43.4. The second kappa shape index (κ2) is 16.3. The average molecular weight is 841 g/mol. The number of H-pyrrole nitrogens is 2. The van der Waals surface area contributed by atoms with Crippen molar-refractivity contribution < 1.29 is 28.7 Å². The Hall–Kier alpha value is -6.18. The summed E-state index contributed by atoms with van der Waals surface area (Å²) in [5.74, 6) is 1.45. The summed E-state index contributed by atoms with van der Waals surface area (Å²) in [7, 11) is 2.62. The molecule has 14 nitrogen and oxygen atoms in total. The molecule has 2 saturated carbocycles. The van der Waals surface area contributed by atoms with Crippen molar-refractivity contribution in [2.45, 2.75) is 96.4 Å². The van der Waals surface area contributed by atoms with Crippen LogP contribution >= 0.6 is 0 Å². The number of hydrogen-bond donors (Lipinski definition) is 4. The first-order chi connectivity index (χ1) is 29.8. The number of nitrogens with zero attached hydrogens (tertiary/aromatic N) is 4. The topological polar surface area (TPSA) is 175 Å². The Labute approximate surface area is 361 Å². The zero-order valence-corrected chi connectivity index (χ0v) is 36.2. The number of aromatic amines is 2. The van der Waals surface area contributed by atoms with E-state index < -0.39 is 24.3 Å². The molecule has 14 heteroatoms. The molecule has 4 heterocycles. The van der Waals surface area contributed by atoms with Gasteiger partial charge in [-0.05, 0) is 101 Å². The number of likely N-dealkylation sites (tertiary alicyclic amines) is 2. The third-order valence-electron chi connectivity index (χ3n) is 13.8. The van der Waals surface area contributed by atoms with Gasteiger partial charge in [-0.1, -0.05) is 76.2 Å². The van der Waals surface area contributed by atoms with Crippen molar-refractivity contribution in [1.29, 1.82) is 0 Å². The van der Waals surface area contributed by atoms with Gasteiger partial charge in [-0.15, -0.1) is 0 Å². The highest BCUT2D eigenvalue weighted by atomic mass is 16.5. The number of alkyl carbamates (subject to hydrolysis) is 2. The van der Waals surface area contributed by atoms with Crippen molar-refractivity contribution >= 4 is 34.8 Å². The van der Waals surface area contributed by atoms with E-state index in [0.29, 0.717) is 12.5 Å². The van der Waals surface area contributed by atoms with Crippen LogP contribution in [0, 0.1) is 23.2 Å². The second-order valence-corrected chi connectivity index (χ2v) is 18.5. The number of carbonyl (C=O) groups excluding carboxylic acids is 4. The summed E-state index contributed by atoms with van der Waals surface area (Å²) < 4.78 is 9.65. The third kappa shape index (κ3) is 7.68. The van der Waals surface area contributed by atoms with E-state index in [9.17, 15) is 19.2 Å². The molecule has 2 bridgehead atoms. The van der Waals surface area contributed by atoms with Crippen LogP contribution in [0.25, 0.3) is 44.4 Å². The Bertz CT molecular complexity index is 2510. The van der Waals surface area contributed by atoms with Gasteiger partial charge in [-0.25, -0.2) is 19.6 Å². The van der Waals surface area contributed by atoms with Gasteiger partial charge in [0.15, 0.2) is 0 Å². The fraction of sp³-hybridized carbons (Fsp3) is 0.458. The number of methoxy groups -OCH3 is 2. The first kappa shape index (κ1) is 41.2. The normalized spacial score (nSPS) is 22.1. The zero-order valence-electron chi connectivity index (χ0n) is 36.2. The SMILES string of the molecule is COC(=O)N[C@H](C(=O)N1CC2(CC2)C[C@H]1c1ncc(-c2ccc3cc(-c4ccc(-c5cnc([C@@H]6[C@H]7CC[C@H](C7)N6C(=O)[C@@H](NC(=O)OC)C(C)C)[nH]5)cc4)ccc3c2)[nH]1)C(C)C. The van der Waals surface area contributed by atoms with E-state index in [0.717, 1.165) is 94.6 Å². The molecular formula is C48H56N8O6. The molecule has 4 fully saturated rings. The molecule has 1 spiro atoms. The third-order valence-corrected chi connectivity index (χ3v) is 13.8. The van der Waals surface area contributed by atoms with Crippen LogP contribution in [0.2, 0.25) is 0 Å². The first-order valence-corrected chi connectivity index (χ1v) is 21.9. The summed E-state index contributed by atoms with van der Waals surface area (Å²) in [5.41, 5.74) is 6.09. The van der Waals surface area contributed by atoms with Crippen LogP contribution in [-0.4, -0.2) is 92.6 Å². The molecule has 9 rings (SSSR count). The Kier molecular flexibility index (Phi) is 10.8. The molecule has 62 heavy (non-hydrogen) atoms. The quantitative estimate of drug-likeness (QED) is 0.103. The highest BCUT2D eigenvalue weighted by Gasteiger charge is 2.55. The maximum absolute atomic E-state index is 14.0. The molecule has 4 aliphatic rings. The van der Waals surface area contributed by atoms with Crippen molar-refractivity contribution in [2.75, 3.05) is 20.8 Å². The van der Waals surface area contributed by atoms with Crippen LogP contribution < -0.4 is 10.6 Å². The Morgan fingerprint density at radius 1 is 0.710 bits per heavy atom. The molecule has 324 valence electrons. The number of imidazole rings is 2. The summed E-state index contributed by atoms with van der Waals surface area (Å²) in [5, 5.41) is 7.73. The standard InChI is InChI=1S/C48H56N8O6/c1-26(2)39(53-46(59)61-5)44(57)55-25-48(17-18-48)22-38(55)42-49-24-37(51-42)33-14-13-31-19-30(11-12-32(31)20-33)28-7-9-29(10-8-28)36-23-50-43(52-36)41-34-15-16-35(21-34)56(41)45(58)40(27(3)4)54-47(60)62-6/h7-14,19-20,23-24,26-27,34-35,38-41H,15-18,21-22,25H2,1-6H3,(H,49,51)(H,50,52)(H,53,59)(H,54,60)/t34-,35+,38-,39-,40-,41-/m0/s1. The smallest absolute Gasteiger partial charge is 0.407 e. The number of fused-ring (bicyclic) bond motifs is 3. The second-order valence-electron chi connectivity index (χ2n) is 18.5. The monoisotopic (exact) mass is 840 g/mol. The lowest BCUT2D eigenvalue weighted by Gasteiger charge is -2.37. The van der Waals surface area contributed by atoms with Crippen LogP contribution in [-0.2, 0) is 19.1 Å². The summed E-state index contributed by atoms with van der Waals surface area (Å²) >= 11 is 0. The molecule has 3 aromatic carbocycles. The van der Waals surface area contributed by atoms with Crippen molar-refractivity contribution in [2.24, 2.45) is 23.2 Å². The molecule has 2 saturated heterocycles. The maximum Gasteiger partial charge on any atom is 0.407 e. The number of nitrogens with one attached hydrogen (secondary N) is 4. The largest absolute Gasteiger partial charge is 0.453 e. The highest BCUT2D eigenvalue weighted by molar-refractivity contribution is 5.91. The van der Waals surface area contributed by atoms with Crippen LogP contribution in [0.5, 0.6) is 0 Å². The molecule has 0 unspecified atom stereocenters. The lowest BCUT2D eigenvalue weighted by molar-refractivity contribution is -0.139. The summed E-state index contributed by atoms with van der Waals surface area (Å²) in [4.78, 5) is 72.7. The Morgan fingerprint density at radius 2 is 1.26 bits per heavy atom. The number of piperidine rings is 1. The van der Waals surface area contributed by atoms with Gasteiger partial charge in [0, 0.05) is 18.2 Å². The van der Waals surface area contributed by atoms with Crippen LogP contribution in [0.4, 0.5) is 9.59 Å². The average Bonchev–Trinajstić information content (AvgIpc) is 3.91. The lowest BCUT2D eigenvalue weighted by Crippen LogP contribution is -2.54. The first-order valence-electron chi connectivity index (χ1n) is 21.9. The summed E-state index contributed by atoms with van der Waals surface area (Å²) in [6.45, 7) is 8.37. The number of benzene rings is 3. The van der Waals surface area contributed by atoms with Gasteiger partial charge in [0.1, 0.15) is 23.7 Å². The van der Waals surface area contributed by atoms with E-state index in [1.165, 1.54) is 14.2 Å². The molecule has 2 aliphatic heterocycles. The number of aromatic nitrogens is 4. The van der Waals surface area contributed by atoms with E-state index in [4.69, 9.17) is 19.4 Å². The fourth-order valence-corrected chi connectivity index (χ4v) is 10.2. The molecule has 0 radical (unpaired) electrons. The number of rotatable bonds is 11. The molecule has 4 N–H and O–H groups in total. The summed E-state index contributed by atoms with van der Waals surface area (Å²) in [6, 6.07) is 19.7.